The third kappa shape index (κ3) is 5.98. The summed E-state index contributed by atoms with van der Waals surface area (Å²) in [6, 6.07) is 6.55. The van der Waals surface area contributed by atoms with Gasteiger partial charge in [-0.3, -0.25) is 14.4 Å². The van der Waals surface area contributed by atoms with Gasteiger partial charge in [0.25, 0.3) is 11.8 Å². The van der Waals surface area contributed by atoms with Crippen LogP contribution in [0.15, 0.2) is 24.3 Å². The largest absolute Gasteiger partial charge is 0.494 e. The highest BCUT2D eigenvalue weighted by atomic mass is 16.5. The quantitative estimate of drug-likeness (QED) is 0.752. The molecule has 0 fully saturated rings. The minimum atomic E-state index is -0.889. The van der Waals surface area contributed by atoms with E-state index in [0.29, 0.717) is 17.9 Å². The molecule has 0 spiro atoms. The number of hydrogen-bond donors (Lipinski definition) is 1. The maximum absolute atomic E-state index is 11.9. The summed E-state index contributed by atoms with van der Waals surface area (Å²) < 4.78 is 10.2. The Hall–Kier alpha value is -2.57. The number of nitrogens with zero attached hydrogens (tertiary/aromatic N) is 1. The molecule has 1 aromatic carbocycles. The Morgan fingerprint density at radius 2 is 1.78 bits per heavy atom. The monoisotopic (exact) mass is 322 g/mol. The van der Waals surface area contributed by atoms with E-state index in [4.69, 9.17) is 9.47 Å². The van der Waals surface area contributed by atoms with Gasteiger partial charge >= 0.3 is 5.97 Å². The summed E-state index contributed by atoms with van der Waals surface area (Å²) in [4.78, 5) is 36.4. The fraction of sp³-hybridized carbons (Fsp3) is 0.438. The van der Waals surface area contributed by atoms with E-state index in [1.54, 1.807) is 38.4 Å². The Bertz CT molecular complexity index is 554. The van der Waals surface area contributed by atoms with Crippen LogP contribution in [-0.2, 0) is 14.3 Å². The molecule has 1 atom stereocenters. The van der Waals surface area contributed by atoms with Crippen LogP contribution < -0.4 is 10.1 Å². The van der Waals surface area contributed by atoms with Crippen molar-refractivity contribution in [3.8, 4) is 5.75 Å². The SMILES string of the molecule is CCOc1ccc(C(=O)NCC(=O)O[C@H](C)C(=O)N(C)C)cc1. The standard InChI is InChI=1S/C16H22N2O5/c1-5-22-13-8-6-12(7-9-13)15(20)17-10-14(19)23-11(2)16(21)18(3)4/h6-9,11H,5,10H2,1-4H3,(H,17,20)/t11-/m1/s1. The average molecular weight is 322 g/mol. The molecule has 0 aromatic heterocycles. The number of benzene rings is 1. The summed E-state index contributed by atoms with van der Waals surface area (Å²) in [5, 5.41) is 2.44. The molecular weight excluding hydrogens is 300 g/mol. The van der Waals surface area contributed by atoms with Gasteiger partial charge < -0.3 is 19.7 Å². The van der Waals surface area contributed by atoms with Crippen LogP contribution in [0.25, 0.3) is 0 Å². The van der Waals surface area contributed by atoms with E-state index < -0.39 is 18.0 Å². The van der Waals surface area contributed by atoms with E-state index in [1.165, 1.54) is 11.8 Å². The molecule has 0 heterocycles. The number of ether oxygens (including phenoxy) is 2. The highest BCUT2D eigenvalue weighted by molar-refractivity contribution is 5.96. The topological polar surface area (TPSA) is 84.9 Å². The van der Waals surface area contributed by atoms with E-state index >= 15 is 0 Å². The minimum absolute atomic E-state index is 0.308. The van der Waals surface area contributed by atoms with Gasteiger partial charge in [0.15, 0.2) is 6.10 Å². The van der Waals surface area contributed by atoms with Gasteiger partial charge in [-0.25, -0.2) is 0 Å². The molecule has 1 aromatic rings. The first-order valence-corrected chi connectivity index (χ1v) is 7.26. The van der Waals surface area contributed by atoms with Gasteiger partial charge in [-0.1, -0.05) is 0 Å². The van der Waals surface area contributed by atoms with E-state index in [2.05, 4.69) is 5.32 Å². The number of carbonyl (C=O) groups excluding carboxylic acids is 3. The second-order valence-electron chi connectivity index (χ2n) is 5.00. The van der Waals surface area contributed by atoms with E-state index in [9.17, 15) is 14.4 Å². The molecule has 0 saturated heterocycles. The van der Waals surface area contributed by atoms with Crippen LogP contribution in [-0.4, -0.2) is 56.0 Å². The summed E-state index contributed by atoms with van der Waals surface area (Å²) in [6.07, 6.45) is -0.889. The number of amides is 2. The van der Waals surface area contributed by atoms with Crippen molar-refractivity contribution in [3.63, 3.8) is 0 Å². The molecule has 0 unspecified atom stereocenters. The molecule has 0 bridgehead atoms. The van der Waals surface area contributed by atoms with Gasteiger partial charge in [0.1, 0.15) is 12.3 Å². The number of hydrogen-bond acceptors (Lipinski definition) is 5. The zero-order valence-corrected chi connectivity index (χ0v) is 13.8. The van der Waals surface area contributed by atoms with Crippen molar-refractivity contribution in [2.24, 2.45) is 0 Å². The van der Waals surface area contributed by atoms with Crippen LogP contribution in [0.2, 0.25) is 0 Å². The van der Waals surface area contributed by atoms with E-state index in [-0.39, 0.29) is 12.5 Å². The molecule has 0 aliphatic rings. The molecule has 7 nitrogen and oxygen atoms in total. The maximum Gasteiger partial charge on any atom is 0.326 e. The fourth-order valence-electron chi connectivity index (χ4n) is 1.78. The van der Waals surface area contributed by atoms with Crippen molar-refractivity contribution in [1.29, 1.82) is 0 Å². The molecule has 0 aliphatic carbocycles. The van der Waals surface area contributed by atoms with E-state index in [1.807, 2.05) is 6.92 Å². The Balaban J connectivity index is 2.46. The summed E-state index contributed by atoms with van der Waals surface area (Å²) in [6.45, 7) is 3.58. The summed E-state index contributed by atoms with van der Waals surface area (Å²) in [7, 11) is 3.14. The molecule has 1 N–H and O–H groups in total. The molecule has 2 amide bonds. The van der Waals surface area contributed by atoms with Crippen molar-refractivity contribution in [2.45, 2.75) is 20.0 Å². The number of likely N-dealkylation sites (N-methyl/N-ethyl adjacent to an activating group) is 1. The fourth-order valence-corrected chi connectivity index (χ4v) is 1.78. The molecule has 0 aliphatic heterocycles. The molecule has 0 saturated carbocycles. The molecule has 23 heavy (non-hydrogen) atoms. The molecule has 126 valence electrons. The maximum atomic E-state index is 11.9. The number of rotatable bonds is 7. The second-order valence-corrected chi connectivity index (χ2v) is 5.00. The highest BCUT2D eigenvalue weighted by Gasteiger charge is 2.19. The second kappa shape index (κ2) is 8.77. The molecular formula is C16H22N2O5. The van der Waals surface area contributed by atoms with E-state index in [0.717, 1.165) is 0 Å². The van der Waals surface area contributed by atoms with Crippen molar-refractivity contribution in [2.75, 3.05) is 27.2 Å². The number of esters is 1. The predicted molar refractivity (Wildman–Crippen MR) is 84.2 cm³/mol. The average Bonchev–Trinajstić information content (AvgIpc) is 2.52. The van der Waals surface area contributed by atoms with Gasteiger partial charge in [0.2, 0.25) is 0 Å². The summed E-state index contributed by atoms with van der Waals surface area (Å²) in [5.41, 5.74) is 0.402. The lowest BCUT2D eigenvalue weighted by Crippen LogP contribution is -2.38. The summed E-state index contributed by atoms with van der Waals surface area (Å²) >= 11 is 0. The van der Waals surface area contributed by atoms with Gasteiger partial charge in [-0.2, -0.15) is 0 Å². The van der Waals surface area contributed by atoms with Gasteiger partial charge in [-0.15, -0.1) is 0 Å². The van der Waals surface area contributed by atoms with Crippen molar-refractivity contribution in [3.05, 3.63) is 29.8 Å². The van der Waals surface area contributed by atoms with Gasteiger partial charge in [0, 0.05) is 19.7 Å². The van der Waals surface area contributed by atoms with Crippen LogP contribution >= 0.6 is 0 Å². The van der Waals surface area contributed by atoms with Crippen LogP contribution in [0.3, 0.4) is 0 Å². The normalized spacial score (nSPS) is 11.3. The van der Waals surface area contributed by atoms with Crippen LogP contribution in [0.1, 0.15) is 24.2 Å². The van der Waals surface area contributed by atoms with Crippen molar-refractivity contribution < 1.29 is 23.9 Å². The Morgan fingerprint density at radius 3 is 2.30 bits per heavy atom. The first kappa shape index (κ1) is 18.5. The zero-order valence-electron chi connectivity index (χ0n) is 13.8. The lowest BCUT2D eigenvalue weighted by atomic mass is 10.2. The lowest BCUT2D eigenvalue weighted by Gasteiger charge is -2.17. The Morgan fingerprint density at radius 1 is 1.17 bits per heavy atom. The smallest absolute Gasteiger partial charge is 0.326 e. The van der Waals surface area contributed by atoms with Crippen molar-refractivity contribution in [1.82, 2.24) is 10.2 Å². The first-order chi connectivity index (χ1) is 10.8. The van der Waals surface area contributed by atoms with Gasteiger partial charge in [0.05, 0.1) is 6.61 Å². The van der Waals surface area contributed by atoms with Crippen LogP contribution in [0.4, 0.5) is 0 Å². The Kier molecular flexibility index (Phi) is 7.05. The number of nitrogens with one attached hydrogen (secondary N) is 1. The first-order valence-electron chi connectivity index (χ1n) is 7.26. The summed E-state index contributed by atoms with van der Waals surface area (Å²) in [5.74, 6) is -0.737. The molecule has 0 radical (unpaired) electrons. The van der Waals surface area contributed by atoms with Crippen LogP contribution in [0.5, 0.6) is 5.75 Å². The molecule has 7 heteroatoms. The third-order valence-electron chi connectivity index (χ3n) is 2.92. The van der Waals surface area contributed by atoms with Crippen molar-refractivity contribution >= 4 is 17.8 Å². The highest BCUT2D eigenvalue weighted by Crippen LogP contribution is 2.11. The third-order valence-corrected chi connectivity index (χ3v) is 2.92. The van der Waals surface area contributed by atoms with Crippen LogP contribution in [0, 0.1) is 0 Å². The Labute approximate surface area is 135 Å². The predicted octanol–water partition coefficient (Wildman–Crippen LogP) is 0.835. The zero-order chi connectivity index (χ0) is 17.4. The lowest BCUT2D eigenvalue weighted by molar-refractivity contribution is -0.157. The minimum Gasteiger partial charge on any atom is -0.494 e. The molecule has 1 rings (SSSR count). The number of carbonyl (C=O) groups is 3. The van der Waals surface area contributed by atoms with Gasteiger partial charge in [-0.05, 0) is 38.1 Å².